The average Bonchev–Trinajstić information content (AvgIpc) is 4.13. The zero-order valence-electron chi connectivity index (χ0n) is 43.9. The Labute approximate surface area is 434 Å². The van der Waals surface area contributed by atoms with Crippen LogP contribution >= 0.6 is 11.3 Å². The van der Waals surface area contributed by atoms with Crippen LogP contribution in [0.1, 0.15) is 96.7 Å². The highest BCUT2D eigenvalue weighted by molar-refractivity contribution is 7.13. The molecule has 3 fully saturated rings. The van der Waals surface area contributed by atoms with Crippen LogP contribution in [0.15, 0.2) is 70.7 Å². The Morgan fingerprint density at radius 1 is 0.932 bits per heavy atom. The Hall–Kier alpha value is -5.89. The van der Waals surface area contributed by atoms with E-state index in [0.29, 0.717) is 42.6 Å². The van der Waals surface area contributed by atoms with Crippen LogP contribution in [0.4, 0.5) is 11.5 Å². The molecule has 0 aliphatic carbocycles. The molecule has 7 heterocycles. The Balaban J connectivity index is 0.812. The fraction of sp³-hybridized carbons (Fsp3) is 0.537. The number of piperazine rings is 1. The van der Waals surface area contributed by atoms with Gasteiger partial charge >= 0.3 is 0 Å². The predicted octanol–water partition coefficient (Wildman–Crippen LogP) is 8.25. The minimum absolute atomic E-state index is 0.0658. The molecule has 0 saturated carbocycles. The van der Waals surface area contributed by atoms with Gasteiger partial charge in [-0.05, 0) is 92.1 Å². The summed E-state index contributed by atoms with van der Waals surface area (Å²) in [6.45, 7) is 25.4. The van der Waals surface area contributed by atoms with Gasteiger partial charge in [-0.15, -0.1) is 21.5 Å². The highest BCUT2D eigenvalue weighted by Crippen LogP contribution is 2.41. The number of aromatic hydroxyl groups is 1. The van der Waals surface area contributed by atoms with Crippen LogP contribution in [0.2, 0.25) is 18.1 Å². The minimum atomic E-state index is -2.27. The number of rotatable bonds is 14. The third-order valence-corrected chi connectivity index (χ3v) is 21.4. The van der Waals surface area contributed by atoms with E-state index in [1.807, 2.05) is 68.4 Å². The third kappa shape index (κ3) is 11.0. The van der Waals surface area contributed by atoms with E-state index in [2.05, 4.69) is 86.8 Å². The molecule has 3 saturated heterocycles. The number of hydrogen-bond donors (Lipinski definition) is 3. The molecule has 3 N–H and O–H groups in total. The second kappa shape index (κ2) is 21.1. The van der Waals surface area contributed by atoms with Gasteiger partial charge in [-0.25, -0.2) is 4.98 Å². The highest BCUT2D eigenvalue weighted by atomic mass is 32.1. The van der Waals surface area contributed by atoms with Gasteiger partial charge in [0, 0.05) is 69.9 Å². The number of aromatic nitrogens is 4. The first-order valence-electron chi connectivity index (χ1n) is 25.9. The second-order valence-electron chi connectivity index (χ2n) is 22.2. The van der Waals surface area contributed by atoms with Crippen molar-refractivity contribution in [3.8, 4) is 33.3 Å². The number of carbonyl (C=O) groups excluding carboxylic acids is 3. The third-order valence-electron chi connectivity index (χ3n) is 15.9. The van der Waals surface area contributed by atoms with E-state index in [1.165, 1.54) is 0 Å². The van der Waals surface area contributed by atoms with E-state index >= 15 is 0 Å². The summed E-state index contributed by atoms with van der Waals surface area (Å²) in [7, 11) is -2.27. The van der Waals surface area contributed by atoms with Crippen LogP contribution in [-0.4, -0.2) is 142 Å². The normalized spacial score (nSPS) is 21.0. The number of anilines is 2. The summed E-state index contributed by atoms with van der Waals surface area (Å²) >= 11 is 1.60. The fourth-order valence-electron chi connectivity index (χ4n) is 10.7. The summed E-state index contributed by atoms with van der Waals surface area (Å²) < 4.78 is 18.9. The molecular formula is C54H72N10O7SSi. The molecule has 6 atom stereocenters. The van der Waals surface area contributed by atoms with E-state index in [-0.39, 0.29) is 65.0 Å². The molecule has 390 valence electrons. The van der Waals surface area contributed by atoms with Crippen LogP contribution in [0.5, 0.6) is 11.6 Å². The number of hydrogen-bond acceptors (Lipinski definition) is 15. The van der Waals surface area contributed by atoms with Crippen molar-refractivity contribution in [2.75, 3.05) is 56.0 Å². The van der Waals surface area contributed by atoms with Crippen LogP contribution in [0.3, 0.4) is 0 Å². The number of phenolic OH excluding ortho intramolecular Hbond substituents is 1. The number of phenols is 1. The Bertz CT molecular complexity index is 2770. The predicted molar refractivity (Wildman–Crippen MR) is 285 cm³/mol. The van der Waals surface area contributed by atoms with Gasteiger partial charge in [0.2, 0.25) is 11.8 Å². The number of para-hydroxylation sites is 1. The maximum Gasteiger partial charge on any atom is 0.263 e. The fourth-order valence-corrected chi connectivity index (χ4v) is 12.8. The summed E-state index contributed by atoms with van der Waals surface area (Å²) in [5.74, 6) is -0.232. The molecule has 4 aliphatic rings. The number of piperidine rings is 1. The van der Waals surface area contributed by atoms with Gasteiger partial charge in [-0.1, -0.05) is 71.0 Å². The first kappa shape index (κ1) is 52.0. The number of amides is 3. The lowest BCUT2D eigenvalue weighted by molar-refractivity contribution is -0.141. The monoisotopic (exact) mass is 1030 g/mol. The van der Waals surface area contributed by atoms with Gasteiger partial charge < -0.3 is 44.1 Å². The number of fused-ring (bicyclic) bond motifs is 3. The number of thiazole rings is 1. The molecular weight excluding hydrogens is 961 g/mol. The van der Waals surface area contributed by atoms with E-state index < -0.39 is 26.4 Å². The first-order valence-corrected chi connectivity index (χ1v) is 29.7. The number of aryl methyl sites for hydroxylation is 1. The average molecular weight is 1030 g/mol. The summed E-state index contributed by atoms with van der Waals surface area (Å²) in [5, 5.41) is 30.2. The van der Waals surface area contributed by atoms with E-state index in [1.54, 1.807) is 41.4 Å². The molecule has 0 bridgehead atoms. The van der Waals surface area contributed by atoms with Crippen molar-refractivity contribution in [3.05, 3.63) is 83.2 Å². The number of likely N-dealkylation sites (tertiary alicyclic amines) is 2. The number of carbonyl (C=O) groups is 3. The van der Waals surface area contributed by atoms with Gasteiger partial charge in [0.25, 0.3) is 11.8 Å². The van der Waals surface area contributed by atoms with E-state index in [9.17, 15) is 19.5 Å². The number of benzene rings is 2. The number of nitrogens with one attached hydrogen (secondary N) is 2. The molecule has 73 heavy (non-hydrogen) atoms. The standard InChI is InChI=1S/C54H72N10O7SSi/c1-32(2)48(53(68)64-30-40(71-73(9,10)54(6,7)8)25-44(64)51(66)57-33(3)36-15-17-37(18-16-36)49-34(4)56-31-72-49)46-27-47(60-70-46)69-35(5)52(67)61-21-19-38(20-22-61)62-23-24-63-39(29-62)28-55-50-43(63)26-42(58-59-50)41-13-11-12-14-45(41)65/h11-18,26-27,31-33,35,38-40,44,48,65H,19-25,28-30H2,1-10H3,(H,55,59)(H,57,66)/t33-,35-,39-,40+,44-,48+/m0/s1. The van der Waals surface area contributed by atoms with E-state index in [4.69, 9.17) is 13.7 Å². The second-order valence-corrected chi connectivity index (χ2v) is 27.8. The van der Waals surface area contributed by atoms with Gasteiger partial charge in [-0.3, -0.25) is 19.3 Å². The van der Waals surface area contributed by atoms with Crippen molar-refractivity contribution in [3.63, 3.8) is 0 Å². The maximum absolute atomic E-state index is 14.9. The van der Waals surface area contributed by atoms with Crippen molar-refractivity contribution in [2.45, 2.75) is 135 Å². The molecule has 4 aliphatic heterocycles. The van der Waals surface area contributed by atoms with Gasteiger partial charge in [0.1, 0.15) is 17.7 Å². The molecule has 5 aromatic rings. The van der Waals surface area contributed by atoms with Crippen molar-refractivity contribution in [1.82, 2.24) is 40.4 Å². The topological polar surface area (TPSA) is 192 Å². The molecule has 2 aromatic carbocycles. The maximum atomic E-state index is 14.9. The smallest absolute Gasteiger partial charge is 0.263 e. The molecule has 19 heteroatoms. The number of nitrogens with zero attached hydrogens (tertiary/aromatic N) is 8. The number of ether oxygens (including phenoxy) is 1. The lowest BCUT2D eigenvalue weighted by Crippen LogP contribution is -2.61. The first-order chi connectivity index (χ1) is 34.8. The zero-order valence-corrected chi connectivity index (χ0v) is 45.7. The van der Waals surface area contributed by atoms with E-state index in [0.717, 1.165) is 72.2 Å². The summed E-state index contributed by atoms with van der Waals surface area (Å²) in [5.41, 5.74) is 7.14. The summed E-state index contributed by atoms with van der Waals surface area (Å²) in [6.07, 6.45) is 0.913. The SMILES string of the molecule is Cc1ncsc1-c1ccc([C@H](C)NC(=O)[C@@H]2C[C@@H](O[Si](C)(C)C(C)(C)C)CN2C(=O)[C@@H](c2cc(O[C@@H](C)C(=O)N3CCC(N4CCN5c6cc(-c7ccccc7O)nnc6NC[C@H]5C4)CC3)no2)C(C)C)cc1. The van der Waals surface area contributed by atoms with Crippen molar-refractivity contribution >= 4 is 48.9 Å². The minimum Gasteiger partial charge on any atom is -0.507 e. The van der Waals surface area contributed by atoms with Crippen LogP contribution in [-0.2, 0) is 18.8 Å². The molecule has 0 unspecified atom stereocenters. The van der Waals surface area contributed by atoms with Crippen molar-refractivity contribution < 1.29 is 33.2 Å². The lowest BCUT2D eigenvalue weighted by Gasteiger charge is -2.49. The van der Waals surface area contributed by atoms with Gasteiger partial charge in [0.15, 0.2) is 26.0 Å². The van der Waals surface area contributed by atoms with Crippen molar-refractivity contribution in [2.24, 2.45) is 5.92 Å². The van der Waals surface area contributed by atoms with Gasteiger partial charge in [-0.2, -0.15) is 0 Å². The van der Waals surface area contributed by atoms with Gasteiger partial charge in [0.05, 0.1) is 45.7 Å². The summed E-state index contributed by atoms with van der Waals surface area (Å²) in [6, 6.07) is 18.5. The molecule has 3 amide bonds. The molecule has 9 rings (SSSR count). The Morgan fingerprint density at radius 2 is 1.67 bits per heavy atom. The molecule has 3 aromatic heterocycles. The molecule has 0 radical (unpaired) electrons. The zero-order chi connectivity index (χ0) is 51.9. The Morgan fingerprint density at radius 3 is 2.36 bits per heavy atom. The molecule has 0 spiro atoms. The van der Waals surface area contributed by atoms with Crippen molar-refractivity contribution in [1.29, 1.82) is 0 Å². The lowest BCUT2D eigenvalue weighted by atomic mass is 9.91. The summed E-state index contributed by atoms with van der Waals surface area (Å²) in [4.78, 5) is 57.2. The molecule has 17 nitrogen and oxygen atoms in total. The van der Waals surface area contributed by atoms with Crippen LogP contribution in [0, 0.1) is 12.8 Å². The van der Waals surface area contributed by atoms with Crippen LogP contribution in [0.25, 0.3) is 21.7 Å². The van der Waals surface area contributed by atoms with Crippen LogP contribution < -0.4 is 20.3 Å². The quantitative estimate of drug-likeness (QED) is 0.0901. The largest absolute Gasteiger partial charge is 0.507 e. The Kier molecular flexibility index (Phi) is 15.1. The highest BCUT2D eigenvalue weighted by Gasteiger charge is 2.48.